The van der Waals surface area contributed by atoms with Crippen LogP contribution in [0.4, 0.5) is 0 Å². The fraction of sp³-hybridized carbons (Fsp3) is 0.500. The number of carbonyl (C=O) groups excluding carboxylic acids is 1. The topological polar surface area (TPSA) is 89.9 Å². The molecule has 0 bridgehead atoms. The Morgan fingerprint density at radius 2 is 1.87 bits per heavy atom. The molecular formula is C22H26N6O2. The van der Waals surface area contributed by atoms with Crippen LogP contribution in [0.3, 0.4) is 0 Å². The van der Waals surface area contributed by atoms with Crippen molar-refractivity contribution in [2.24, 2.45) is 5.92 Å². The van der Waals surface area contributed by atoms with E-state index < -0.39 is 0 Å². The van der Waals surface area contributed by atoms with Crippen molar-refractivity contribution in [1.82, 2.24) is 30.0 Å². The minimum Gasteiger partial charge on any atom is -0.340 e. The number of nitrogens with zero attached hydrogens (tertiary/aromatic N) is 6. The predicted molar refractivity (Wildman–Crippen MR) is 110 cm³/mol. The van der Waals surface area contributed by atoms with Crippen molar-refractivity contribution >= 4 is 5.91 Å². The first-order valence-corrected chi connectivity index (χ1v) is 10.9. The molecule has 3 aromatic rings. The molecule has 1 amide bonds. The predicted octanol–water partition coefficient (Wildman–Crippen LogP) is 3.74. The van der Waals surface area contributed by atoms with E-state index in [1.807, 2.05) is 46.1 Å². The summed E-state index contributed by atoms with van der Waals surface area (Å²) in [4.78, 5) is 19.4. The molecule has 1 aliphatic heterocycles. The third-order valence-corrected chi connectivity index (χ3v) is 6.22. The zero-order chi connectivity index (χ0) is 20.3. The molecule has 2 fully saturated rings. The van der Waals surface area contributed by atoms with Crippen molar-refractivity contribution < 1.29 is 9.32 Å². The van der Waals surface area contributed by atoms with Crippen molar-refractivity contribution in [3.63, 3.8) is 0 Å². The molecule has 8 nitrogen and oxygen atoms in total. The maximum Gasteiger partial charge on any atom is 0.280 e. The number of amides is 1. The van der Waals surface area contributed by atoms with Crippen molar-refractivity contribution in [2.45, 2.75) is 51.0 Å². The SMILES string of the molecule is O=C(C1CCCCC1)N1CCC[C@@H](n2cc(-c3nc(-c4ccccc4)no3)nn2)C1. The van der Waals surface area contributed by atoms with E-state index in [1.54, 1.807) is 0 Å². The van der Waals surface area contributed by atoms with Crippen LogP contribution < -0.4 is 0 Å². The summed E-state index contributed by atoms with van der Waals surface area (Å²) >= 11 is 0. The van der Waals surface area contributed by atoms with Crippen molar-refractivity contribution in [3.05, 3.63) is 36.5 Å². The standard InChI is InChI=1S/C22H26N6O2/c29-22(17-10-5-2-6-11-17)27-13-7-12-18(14-27)28-15-19(24-26-28)21-23-20(25-30-21)16-8-3-1-4-9-16/h1,3-4,8-9,15,17-18H,2,5-7,10-14H2/t18-/m1/s1. The number of likely N-dealkylation sites (tertiary alicyclic amines) is 1. The van der Waals surface area contributed by atoms with Gasteiger partial charge < -0.3 is 9.42 Å². The summed E-state index contributed by atoms with van der Waals surface area (Å²) in [7, 11) is 0. The Balaban J connectivity index is 1.28. The summed E-state index contributed by atoms with van der Waals surface area (Å²) < 4.78 is 7.25. The van der Waals surface area contributed by atoms with Crippen molar-refractivity contribution in [1.29, 1.82) is 0 Å². The summed E-state index contributed by atoms with van der Waals surface area (Å²) in [5.74, 6) is 1.41. The monoisotopic (exact) mass is 406 g/mol. The van der Waals surface area contributed by atoms with E-state index in [0.717, 1.165) is 37.8 Å². The Hall–Kier alpha value is -3.03. The number of hydrogen-bond acceptors (Lipinski definition) is 6. The first-order valence-electron chi connectivity index (χ1n) is 10.9. The molecule has 5 rings (SSSR count). The number of aromatic nitrogens is 5. The van der Waals surface area contributed by atoms with Gasteiger partial charge in [-0.25, -0.2) is 4.68 Å². The lowest BCUT2D eigenvalue weighted by atomic mass is 9.87. The Bertz CT molecular complexity index is 992. The lowest BCUT2D eigenvalue weighted by molar-refractivity contribution is -0.138. The number of carbonyl (C=O) groups is 1. The van der Waals surface area contributed by atoms with Crippen LogP contribution in [0.15, 0.2) is 41.1 Å². The molecule has 2 aromatic heterocycles. The molecule has 0 radical (unpaired) electrons. The Labute approximate surface area is 175 Å². The Morgan fingerprint density at radius 1 is 1.03 bits per heavy atom. The van der Waals surface area contributed by atoms with Crippen LogP contribution in [0.1, 0.15) is 51.0 Å². The lowest BCUT2D eigenvalue weighted by Crippen LogP contribution is -2.44. The van der Waals surface area contributed by atoms with Gasteiger partial charge in [0.15, 0.2) is 5.69 Å². The fourth-order valence-electron chi connectivity index (χ4n) is 4.56. The molecular weight excluding hydrogens is 380 g/mol. The van der Waals surface area contributed by atoms with Gasteiger partial charge in [-0.3, -0.25) is 4.79 Å². The van der Waals surface area contributed by atoms with Gasteiger partial charge in [-0.05, 0) is 25.7 Å². The highest BCUT2D eigenvalue weighted by atomic mass is 16.5. The average molecular weight is 406 g/mol. The minimum absolute atomic E-state index is 0.129. The van der Waals surface area contributed by atoms with Crippen molar-refractivity contribution in [3.8, 4) is 23.0 Å². The molecule has 1 aliphatic carbocycles. The Kier molecular flexibility index (Phi) is 5.29. The second-order valence-corrected chi connectivity index (χ2v) is 8.29. The van der Waals surface area contributed by atoms with Crippen LogP contribution >= 0.6 is 0 Å². The molecule has 1 saturated carbocycles. The van der Waals surface area contributed by atoms with E-state index in [1.165, 1.54) is 19.3 Å². The zero-order valence-corrected chi connectivity index (χ0v) is 17.0. The molecule has 0 spiro atoms. The lowest BCUT2D eigenvalue weighted by Gasteiger charge is -2.35. The van der Waals surface area contributed by atoms with Crippen LogP contribution in [0.2, 0.25) is 0 Å². The Morgan fingerprint density at radius 3 is 2.70 bits per heavy atom. The summed E-state index contributed by atoms with van der Waals surface area (Å²) in [5.41, 5.74) is 1.45. The zero-order valence-electron chi connectivity index (χ0n) is 17.0. The van der Waals surface area contributed by atoms with E-state index >= 15 is 0 Å². The molecule has 0 unspecified atom stereocenters. The van der Waals surface area contributed by atoms with Gasteiger partial charge in [-0.1, -0.05) is 60.0 Å². The van der Waals surface area contributed by atoms with E-state index in [0.29, 0.717) is 29.9 Å². The fourth-order valence-corrected chi connectivity index (χ4v) is 4.56. The molecule has 2 aliphatic rings. The van der Waals surface area contributed by atoms with Crippen LogP contribution in [-0.4, -0.2) is 49.0 Å². The highest BCUT2D eigenvalue weighted by molar-refractivity contribution is 5.79. The number of piperidine rings is 1. The van der Waals surface area contributed by atoms with E-state index in [9.17, 15) is 4.79 Å². The normalized spacial score (nSPS) is 20.4. The average Bonchev–Trinajstić information content (AvgIpc) is 3.50. The molecule has 156 valence electrons. The second-order valence-electron chi connectivity index (χ2n) is 8.29. The number of hydrogen-bond donors (Lipinski definition) is 0. The van der Waals surface area contributed by atoms with Gasteiger partial charge in [0.25, 0.3) is 5.89 Å². The first-order chi connectivity index (χ1) is 14.8. The summed E-state index contributed by atoms with van der Waals surface area (Å²) in [6.07, 6.45) is 9.50. The number of rotatable bonds is 4. The molecule has 0 N–H and O–H groups in total. The van der Waals surface area contributed by atoms with Crippen molar-refractivity contribution in [2.75, 3.05) is 13.1 Å². The summed E-state index contributed by atoms with van der Waals surface area (Å²) in [6.45, 7) is 1.54. The van der Waals surface area contributed by atoms with Gasteiger partial charge in [0, 0.05) is 24.6 Å². The third kappa shape index (κ3) is 3.86. The van der Waals surface area contributed by atoms with Gasteiger partial charge in [-0.15, -0.1) is 5.10 Å². The third-order valence-electron chi connectivity index (χ3n) is 6.22. The van der Waals surface area contributed by atoms with Crippen LogP contribution in [0, 0.1) is 5.92 Å². The van der Waals surface area contributed by atoms with E-state index in [4.69, 9.17) is 4.52 Å². The molecule has 1 saturated heterocycles. The van der Waals surface area contributed by atoms with Gasteiger partial charge in [0.1, 0.15) is 0 Å². The number of benzene rings is 1. The highest BCUT2D eigenvalue weighted by Gasteiger charge is 2.31. The first kappa shape index (κ1) is 19.0. The highest BCUT2D eigenvalue weighted by Crippen LogP contribution is 2.29. The van der Waals surface area contributed by atoms with Gasteiger partial charge in [0.05, 0.1) is 12.2 Å². The van der Waals surface area contributed by atoms with Gasteiger partial charge in [0.2, 0.25) is 11.7 Å². The molecule has 8 heteroatoms. The maximum absolute atomic E-state index is 12.9. The minimum atomic E-state index is 0.129. The van der Waals surface area contributed by atoms with Gasteiger partial charge >= 0.3 is 0 Å². The largest absolute Gasteiger partial charge is 0.340 e. The summed E-state index contributed by atoms with van der Waals surface area (Å²) in [5, 5.41) is 12.6. The van der Waals surface area contributed by atoms with E-state index in [2.05, 4.69) is 20.5 Å². The molecule has 1 atom stereocenters. The summed E-state index contributed by atoms with van der Waals surface area (Å²) in [6, 6.07) is 9.82. The van der Waals surface area contributed by atoms with E-state index in [-0.39, 0.29) is 12.0 Å². The molecule has 1 aromatic carbocycles. The maximum atomic E-state index is 12.9. The van der Waals surface area contributed by atoms with Crippen LogP contribution in [0.5, 0.6) is 0 Å². The molecule has 3 heterocycles. The quantitative estimate of drug-likeness (QED) is 0.656. The smallest absolute Gasteiger partial charge is 0.280 e. The molecule has 30 heavy (non-hydrogen) atoms. The van der Waals surface area contributed by atoms with Crippen LogP contribution in [-0.2, 0) is 4.79 Å². The second kappa shape index (κ2) is 8.38. The van der Waals surface area contributed by atoms with Crippen LogP contribution in [0.25, 0.3) is 23.0 Å². The van der Waals surface area contributed by atoms with Gasteiger partial charge in [-0.2, -0.15) is 4.98 Å².